The minimum absolute atomic E-state index is 0.679. The lowest BCUT2D eigenvalue weighted by atomic mass is 10.1. The van der Waals surface area contributed by atoms with Gasteiger partial charge >= 0.3 is 0 Å². The Morgan fingerprint density at radius 2 is 1.97 bits per heavy atom. The van der Waals surface area contributed by atoms with E-state index >= 15 is 0 Å². The number of imidazole rings is 1. The van der Waals surface area contributed by atoms with Gasteiger partial charge in [-0.3, -0.25) is 14.9 Å². The number of aromatic amines is 1. The summed E-state index contributed by atoms with van der Waals surface area (Å²) in [6.45, 7) is 5.26. The molecule has 0 spiro atoms. The van der Waals surface area contributed by atoms with Crippen molar-refractivity contribution in [1.82, 2.24) is 30.2 Å². The number of fused-ring (bicyclic) bond motifs is 1. The van der Waals surface area contributed by atoms with E-state index in [1.807, 2.05) is 18.3 Å². The van der Waals surface area contributed by atoms with Crippen molar-refractivity contribution < 1.29 is 4.74 Å². The number of nitrogens with zero attached hydrogens (tertiary/aromatic N) is 4. The van der Waals surface area contributed by atoms with Crippen molar-refractivity contribution in [2.45, 2.75) is 13.0 Å². The normalized spacial score (nSPS) is 14.7. The number of piperazine rings is 1. The zero-order valence-corrected chi connectivity index (χ0v) is 17.6. The summed E-state index contributed by atoms with van der Waals surface area (Å²) in [7, 11) is 1.66. The summed E-state index contributed by atoms with van der Waals surface area (Å²) in [5.74, 6) is 1.67. The number of H-pyrrole nitrogens is 1. The molecule has 1 fully saturated rings. The van der Waals surface area contributed by atoms with Crippen LogP contribution in [-0.2, 0) is 13.0 Å². The van der Waals surface area contributed by atoms with Crippen LogP contribution in [-0.4, -0.2) is 58.1 Å². The molecule has 158 valence electrons. The second kappa shape index (κ2) is 8.83. The Bertz CT molecular complexity index is 1180. The molecule has 4 heterocycles. The number of hydrogen-bond acceptors (Lipinski definition) is 6. The molecule has 0 saturated carbocycles. The number of methoxy groups -OCH3 is 1. The van der Waals surface area contributed by atoms with Crippen molar-refractivity contribution in [2.24, 2.45) is 0 Å². The predicted molar refractivity (Wildman–Crippen MR) is 121 cm³/mol. The first-order valence-corrected chi connectivity index (χ1v) is 10.6. The zero-order chi connectivity index (χ0) is 21.0. The number of aromatic nitrogens is 4. The third-order valence-electron chi connectivity index (χ3n) is 5.69. The highest BCUT2D eigenvalue weighted by molar-refractivity contribution is 5.83. The van der Waals surface area contributed by atoms with Crippen LogP contribution in [0.4, 0.5) is 0 Å². The van der Waals surface area contributed by atoms with E-state index < -0.39 is 0 Å². The quantitative estimate of drug-likeness (QED) is 0.505. The van der Waals surface area contributed by atoms with Crippen molar-refractivity contribution >= 4 is 11.0 Å². The van der Waals surface area contributed by atoms with Crippen LogP contribution >= 0.6 is 0 Å². The molecule has 4 aromatic rings. The summed E-state index contributed by atoms with van der Waals surface area (Å²) in [4.78, 5) is 19.4. The van der Waals surface area contributed by atoms with Crippen LogP contribution in [0.2, 0.25) is 0 Å². The summed E-state index contributed by atoms with van der Waals surface area (Å²) in [6, 6.07) is 12.5. The van der Waals surface area contributed by atoms with Crippen LogP contribution in [0.5, 0.6) is 5.75 Å². The summed E-state index contributed by atoms with van der Waals surface area (Å²) >= 11 is 0. The van der Waals surface area contributed by atoms with Crippen molar-refractivity contribution in [3.63, 3.8) is 0 Å². The molecule has 7 nitrogen and oxygen atoms in total. The number of rotatable bonds is 6. The highest BCUT2D eigenvalue weighted by Crippen LogP contribution is 2.30. The molecule has 0 amide bonds. The Balaban J connectivity index is 1.36. The monoisotopic (exact) mass is 414 g/mol. The third-order valence-corrected chi connectivity index (χ3v) is 5.69. The lowest BCUT2D eigenvalue weighted by Gasteiger charge is -2.27. The lowest BCUT2D eigenvalue weighted by molar-refractivity contribution is 0.233. The molecule has 7 heteroatoms. The first-order chi connectivity index (χ1) is 15.3. The molecule has 1 aromatic carbocycles. The van der Waals surface area contributed by atoms with Crippen molar-refractivity contribution in [1.29, 1.82) is 0 Å². The van der Waals surface area contributed by atoms with Crippen LogP contribution in [0.1, 0.15) is 17.1 Å². The molecule has 0 aliphatic carbocycles. The Kier molecular flexibility index (Phi) is 5.60. The summed E-state index contributed by atoms with van der Waals surface area (Å²) in [5.41, 5.74) is 6.36. The average molecular weight is 415 g/mol. The van der Waals surface area contributed by atoms with Gasteiger partial charge in [-0.2, -0.15) is 0 Å². The average Bonchev–Trinajstić information content (AvgIpc) is 3.21. The van der Waals surface area contributed by atoms with Crippen molar-refractivity contribution in [3.8, 4) is 16.9 Å². The fraction of sp³-hybridized carbons (Fsp3) is 0.292. The van der Waals surface area contributed by atoms with E-state index in [1.165, 1.54) is 5.56 Å². The topological polar surface area (TPSA) is 79.0 Å². The van der Waals surface area contributed by atoms with Gasteiger partial charge < -0.3 is 15.0 Å². The minimum atomic E-state index is 0.679. The molecule has 1 aliphatic rings. The highest BCUT2D eigenvalue weighted by atomic mass is 16.5. The number of pyridine rings is 2. The second-order valence-corrected chi connectivity index (χ2v) is 7.85. The molecule has 5 rings (SSSR count). The molecular weight excluding hydrogens is 388 g/mol. The summed E-state index contributed by atoms with van der Waals surface area (Å²) in [5, 5.41) is 3.40. The molecule has 0 unspecified atom stereocenters. The number of ether oxygens (including phenoxy) is 1. The van der Waals surface area contributed by atoms with Gasteiger partial charge in [0.2, 0.25) is 0 Å². The summed E-state index contributed by atoms with van der Waals surface area (Å²) in [6.07, 6.45) is 6.10. The van der Waals surface area contributed by atoms with Crippen molar-refractivity contribution in [2.75, 3.05) is 33.3 Å². The zero-order valence-electron chi connectivity index (χ0n) is 17.6. The van der Waals surface area contributed by atoms with E-state index in [4.69, 9.17) is 9.72 Å². The van der Waals surface area contributed by atoms with Crippen LogP contribution in [0.15, 0.2) is 55.0 Å². The van der Waals surface area contributed by atoms with Gasteiger partial charge in [0.15, 0.2) is 0 Å². The fourth-order valence-corrected chi connectivity index (χ4v) is 4.12. The number of nitrogens with one attached hydrogen (secondary N) is 2. The van der Waals surface area contributed by atoms with E-state index in [0.717, 1.165) is 72.2 Å². The molecule has 0 atom stereocenters. The van der Waals surface area contributed by atoms with Crippen LogP contribution < -0.4 is 10.1 Å². The van der Waals surface area contributed by atoms with Gasteiger partial charge in [-0.15, -0.1) is 0 Å². The molecule has 31 heavy (non-hydrogen) atoms. The Morgan fingerprint density at radius 1 is 1.06 bits per heavy atom. The Labute approximate surface area is 181 Å². The standard InChI is InChI=1S/C24H26N6O/c1-31-23-15-26-6-5-20(23)18-2-3-21-22(13-18)29-24(28-21)14-19-12-17(4-7-27-19)16-30-10-8-25-9-11-30/h2-7,12-13,15,25H,8-11,14,16H2,1H3,(H,28,29). The first-order valence-electron chi connectivity index (χ1n) is 10.6. The molecular formula is C24H26N6O. The Hall–Kier alpha value is -3.29. The summed E-state index contributed by atoms with van der Waals surface area (Å²) < 4.78 is 5.46. The largest absolute Gasteiger partial charge is 0.494 e. The predicted octanol–water partition coefficient (Wildman–Crippen LogP) is 3.02. The van der Waals surface area contributed by atoms with Gasteiger partial charge in [0.1, 0.15) is 11.6 Å². The van der Waals surface area contributed by atoms with Crippen LogP contribution in [0.25, 0.3) is 22.2 Å². The lowest BCUT2D eigenvalue weighted by Crippen LogP contribution is -2.42. The van der Waals surface area contributed by atoms with Crippen molar-refractivity contribution in [3.05, 3.63) is 72.1 Å². The van der Waals surface area contributed by atoms with E-state index in [-0.39, 0.29) is 0 Å². The van der Waals surface area contributed by atoms with E-state index in [2.05, 4.69) is 49.4 Å². The molecule has 1 saturated heterocycles. The molecule has 2 N–H and O–H groups in total. The van der Waals surface area contributed by atoms with E-state index in [0.29, 0.717) is 6.42 Å². The van der Waals surface area contributed by atoms with E-state index in [9.17, 15) is 0 Å². The van der Waals surface area contributed by atoms with Gasteiger partial charge in [0.25, 0.3) is 0 Å². The van der Waals surface area contributed by atoms with Crippen LogP contribution in [0, 0.1) is 0 Å². The number of benzene rings is 1. The van der Waals surface area contributed by atoms with Crippen LogP contribution in [0.3, 0.4) is 0 Å². The minimum Gasteiger partial charge on any atom is -0.494 e. The highest BCUT2D eigenvalue weighted by Gasteiger charge is 2.12. The second-order valence-electron chi connectivity index (χ2n) is 7.85. The van der Waals surface area contributed by atoms with Gasteiger partial charge in [-0.05, 0) is 41.5 Å². The number of hydrogen-bond donors (Lipinski definition) is 2. The van der Waals surface area contributed by atoms with Gasteiger partial charge in [-0.25, -0.2) is 4.98 Å². The fourth-order valence-electron chi connectivity index (χ4n) is 4.12. The maximum absolute atomic E-state index is 5.46. The van der Waals surface area contributed by atoms with Gasteiger partial charge in [0, 0.05) is 62.8 Å². The van der Waals surface area contributed by atoms with E-state index in [1.54, 1.807) is 19.5 Å². The molecule has 0 bridgehead atoms. The third kappa shape index (κ3) is 4.42. The molecule has 1 aliphatic heterocycles. The molecule has 3 aromatic heterocycles. The van der Waals surface area contributed by atoms with Gasteiger partial charge in [-0.1, -0.05) is 6.07 Å². The first kappa shape index (κ1) is 19.7. The maximum Gasteiger partial charge on any atom is 0.144 e. The smallest absolute Gasteiger partial charge is 0.144 e. The Morgan fingerprint density at radius 3 is 2.84 bits per heavy atom. The SMILES string of the molecule is COc1cnccc1-c1ccc2nc(Cc3cc(CN4CCNCC4)ccn3)[nH]c2c1. The maximum atomic E-state index is 5.46. The molecule has 0 radical (unpaired) electrons. The van der Waals surface area contributed by atoms with Gasteiger partial charge in [0.05, 0.1) is 24.3 Å².